The smallest absolute Gasteiger partial charge is 0.326 e. The number of carboxylic acid groups (broad SMARTS) is 1. The number of nitrogens with one attached hydrogen (secondary N) is 1. The summed E-state index contributed by atoms with van der Waals surface area (Å²) in [4.78, 5) is 22.8. The Morgan fingerprint density at radius 2 is 1.69 bits per heavy atom. The van der Waals surface area contributed by atoms with Gasteiger partial charge in [0.25, 0.3) is 0 Å². The Labute approximate surface area is 185 Å². The SMILES string of the molecule is CCC[CH2][Sn][CH2]CCC.O=C1C=CC=C/C1=C\N[C@@H](Cc1ccccc1)C(=O)O. The predicted octanol–water partition coefficient (Wildman–Crippen LogP) is 4.98. The summed E-state index contributed by atoms with van der Waals surface area (Å²) in [5.74, 6) is -1.09. The summed E-state index contributed by atoms with van der Waals surface area (Å²) in [5, 5.41) is 12.0. The first kappa shape index (κ1) is 25.2. The first-order valence-electron chi connectivity index (χ1n) is 10.4. The molecule has 1 atom stereocenters. The van der Waals surface area contributed by atoms with Crippen LogP contribution in [0.2, 0.25) is 8.87 Å². The Bertz CT molecular complexity index is 689. The van der Waals surface area contributed by atoms with Crippen molar-refractivity contribution in [2.24, 2.45) is 0 Å². The van der Waals surface area contributed by atoms with Gasteiger partial charge in [-0.2, -0.15) is 0 Å². The molecule has 1 aromatic rings. The van der Waals surface area contributed by atoms with Crippen molar-refractivity contribution in [3.05, 3.63) is 72.0 Å². The molecule has 1 aliphatic rings. The van der Waals surface area contributed by atoms with Crippen LogP contribution in [0.1, 0.15) is 45.1 Å². The van der Waals surface area contributed by atoms with Gasteiger partial charge >= 0.3 is 75.5 Å². The molecule has 29 heavy (non-hydrogen) atoms. The van der Waals surface area contributed by atoms with Crippen molar-refractivity contribution in [2.45, 2.75) is 60.9 Å². The van der Waals surface area contributed by atoms with Gasteiger partial charge in [0, 0.05) is 18.2 Å². The average molecular weight is 502 g/mol. The third-order valence-corrected chi connectivity index (χ3v) is 8.39. The van der Waals surface area contributed by atoms with E-state index in [9.17, 15) is 14.7 Å². The van der Waals surface area contributed by atoms with Gasteiger partial charge < -0.3 is 10.4 Å². The number of hydrogen-bond donors (Lipinski definition) is 2. The van der Waals surface area contributed by atoms with Crippen molar-refractivity contribution in [3.63, 3.8) is 0 Å². The number of hydrogen-bond acceptors (Lipinski definition) is 3. The van der Waals surface area contributed by atoms with E-state index in [-0.39, 0.29) is 26.9 Å². The van der Waals surface area contributed by atoms with Crippen LogP contribution in [0.3, 0.4) is 0 Å². The minimum Gasteiger partial charge on any atom is -0.480 e. The van der Waals surface area contributed by atoms with E-state index in [0.717, 1.165) is 5.56 Å². The molecule has 0 heterocycles. The standard InChI is InChI=1S/C16H15NO3.2C4H9.Sn/c18-15-9-5-4-8-13(15)11-17-14(16(19)20)10-12-6-2-1-3-7-12;2*1-3-4-2;/h1-9,11,14,17H,10H2,(H,19,20);2*1,3-4H2,2H3;/b13-11+;;;/t14-;;;/m0.../s1. The minimum absolute atomic E-state index is 0.135. The van der Waals surface area contributed by atoms with E-state index in [2.05, 4.69) is 19.2 Å². The molecule has 1 aliphatic carbocycles. The topological polar surface area (TPSA) is 66.4 Å². The fourth-order valence-corrected chi connectivity index (χ4v) is 6.74. The summed E-state index contributed by atoms with van der Waals surface area (Å²) in [5.41, 5.74) is 1.38. The Morgan fingerprint density at radius 1 is 1.07 bits per heavy atom. The second-order valence-corrected chi connectivity index (χ2v) is 11.2. The minimum atomic E-state index is -0.950. The summed E-state index contributed by atoms with van der Waals surface area (Å²) in [6.45, 7) is 4.58. The maximum Gasteiger partial charge on any atom is 0.326 e. The van der Waals surface area contributed by atoms with Gasteiger partial charge in [-0.3, -0.25) is 4.79 Å². The molecule has 2 rings (SSSR count). The molecule has 0 aliphatic heterocycles. The zero-order valence-corrected chi connectivity index (χ0v) is 20.4. The molecular weight excluding hydrogens is 469 g/mol. The van der Waals surface area contributed by atoms with E-state index in [1.165, 1.54) is 38.0 Å². The molecule has 0 saturated heterocycles. The Balaban J connectivity index is 0.000000396. The zero-order chi connectivity index (χ0) is 21.3. The molecule has 0 amide bonds. The van der Waals surface area contributed by atoms with Crippen LogP contribution in [0, 0.1) is 0 Å². The number of unbranched alkanes of at least 4 members (excludes halogenated alkanes) is 2. The van der Waals surface area contributed by atoms with Crippen molar-refractivity contribution in [3.8, 4) is 0 Å². The van der Waals surface area contributed by atoms with Crippen molar-refractivity contribution in [1.29, 1.82) is 0 Å². The summed E-state index contributed by atoms with van der Waals surface area (Å²) in [6.07, 6.45) is 14.1. The summed E-state index contributed by atoms with van der Waals surface area (Å²) >= 11 is 0.149. The van der Waals surface area contributed by atoms with Crippen molar-refractivity contribution in [1.82, 2.24) is 5.32 Å². The molecule has 0 fully saturated rings. The van der Waals surface area contributed by atoms with Crippen LogP contribution >= 0.6 is 0 Å². The van der Waals surface area contributed by atoms with Crippen molar-refractivity contribution in [2.75, 3.05) is 0 Å². The largest absolute Gasteiger partial charge is 0.480 e. The van der Waals surface area contributed by atoms with Gasteiger partial charge in [0.15, 0.2) is 5.78 Å². The van der Waals surface area contributed by atoms with E-state index in [1.54, 1.807) is 27.1 Å². The molecule has 0 aromatic heterocycles. The van der Waals surface area contributed by atoms with Crippen LogP contribution < -0.4 is 5.32 Å². The summed E-state index contributed by atoms with van der Waals surface area (Å²) < 4.78 is 3.25. The van der Waals surface area contributed by atoms with Gasteiger partial charge in [-0.25, -0.2) is 4.79 Å². The first-order valence-corrected chi connectivity index (χ1v) is 14.4. The Kier molecular flexibility index (Phi) is 13.9. The summed E-state index contributed by atoms with van der Waals surface area (Å²) in [6, 6.07) is 8.60. The van der Waals surface area contributed by atoms with E-state index in [0.29, 0.717) is 12.0 Å². The van der Waals surface area contributed by atoms with Crippen molar-refractivity contribution < 1.29 is 14.7 Å². The molecule has 1 aromatic carbocycles. The van der Waals surface area contributed by atoms with Crippen LogP contribution in [0.25, 0.3) is 0 Å². The molecule has 4 nitrogen and oxygen atoms in total. The molecule has 2 N–H and O–H groups in total. The van der Waals surface area contributed by atoms with Gasteiger partial charge in [0.2, 0.25) is 0 Å². The second-order valence-electron chi connectivity index (χ2n) is 6.89. The molecule has 0 unspecified atom stereocenters. The molecule has 5 heteroatoms. The predicted molar refractivity (Wildman–Crippen MR) is 121 cm³/mol. The number of benzene rings is 1. The van der Waals surface area contributed by atoms with Crippen LogP contribution in [0.5, 0.6) is 0 Å². The van der Waals surface area contributed by atoms with Crippen LogP contribution in [-0.4, -0.2) is 44.0 Å². The molecular formula is C24H33NO3Sn. The maximum atomic E-state index is 11.5. The fourth-order valence-electron chi connectivity index (χ4n) is 2.59. The van der Waals surface area contributed by atoms with Gasteiger partial charge in [0.05, 0.1) is 0 Å². The third-order valence-electron chi connectivity index (χ3n) is 4.35. The molecule has 2 radical (unpaired) electrons. The monoisotopic (exact) mass is 503 g/mol. The van der Waals surface area contributed by atoms with Crippen LogP contribution in [0.4, 0.5) is 0 Å². The number of allylic oxidation sites excluding steroid dienone is 5. The van der Waals surface area contributed by atoms with Gasteiger partial charge in [-0.1, -0.05) is 42.5 Å². The van der Waals surface area contributed by atoms with Gasteiger partial charge in [-0.05, 0) is 17.7 Å². The Hall–Kier alpha value is -1.82. The number of carbonyl (C=O) groups is 2. The van der Waals surface area contributed by atoms with E-state index in [4.69, 9.17) is 0 Å². The normalized spacial score (nSPS) is 15.0. The molecule has 0 bridgehead atoms. The van der Waals surface area contributed by atoms with Gasteiger partial charge in [0.1, 0.15) is 6.04 Å². The maximum absolute atomic E-state index is 11.5. The van der Waals surface area contributed by atoms with E-state index in [1.807, 2.05) is 30.3 Å². The molecule has 0 spiro atoms. The number of carboxylic acids is 1. The van der Waals surface area contributed by atoms with E-state index < -0.39 is 12.0 Å². The number of aliphatic carboxylic acids is 1. The third kappa shape index (κ3) is 11.7. The number of rotatable bonds is 11. The zero-order valence-electron chi connectivity index (χ0n) is 17.6. The molecule has 0 saturated carbocycles. The second kappa shape index (κ2) is 16.0. The number of carbonyl (C=O) groups excluding carboxylic acids is 1. The fraction of sp³-hybridized carbons (Fsp3) is 0.417. The van der Waals surface area contributed by atoms with Crippen LogP contribution in [-0.2, 0) is 16.0 Å². The van der Waals surface area contributed by atoms with Gasteiger partial charge in [-0.15, -0.1) is 0 Å². The average Bonchev–Trinajstić information content (AvgIpc) is 2.73. The van der Waals surface area contributed by atoms with Crippen molar-refractivity contribution >= 4 is 32.9 Å². The molecule has 156 valence electrons. The quantitative estimate of drug-likeness (QED) is 0.255. The first-order chi connectivity index (χ1) is 14.1. The summed E-state index contributed by atoms with van der Waals surface area (Å²) in [7, 11) is 0. The Morgan fingerprint density at radius 3 is 2.24 bits per heavy atom. The van der Waals surface area contributed by atoms with E-state index >= 15 is 0 Å². The number of ketones is 1. The van der Waals surface area contributed by atoms with Crippen LogP contribution in [0.15, 0.2) is 66.4 Å².